The van der Waals surface area contributed by atoms with Gasteiger partial charge in [0.1, 0.15) is 0 Å². The standard InChI is InChI=1S/C10H15NO2S/c1-10(2,3)11-9(12)8-7(14-4)5-6-13-8/h5-6H,1-4H3,(H,11,12). The van der Waals surface area contributed by atoms with Gasteiger partial charge in [0.15, 0.2) is 0 Å². The second kappa shape index (κ2) is 4.09. The molecule has 0 aromatic carbocycles. The Morgan fingerprint density at radius 3 is 2.64 bits per heavy atom. The van der Waals surface area contributed by atoms with Gasteiger partial charge >= 0.3 is 0 Å². The molecular formula is C10H15NO2S. The van der Waals surface area contributed by atoms with Crippen molar-refractivity contribution in [1.82, 2.24) is 5.32 Å². The highest BCUT2D eigenvalue weighted by Crippen LogP contribution is 2.21. The SMILES string of the molecule is CSc1ccoc1C(=O)NC(C)(C)C. The Balaban J connectivity index is 2.80. The third-order valence-corrected chi connectivity index (χ3v) is 2.31. The molecule has 1 aromatic heterocycles. The molecule has 0 radical (unpaired) electrons. The maximum Gasteiger partial charge on any atom is 0.288 e. The van der Waals surface area contributed by atoms with Crippen LogP contribution in [0.2, 0.25) is 0 Å². The number of carbonyl (C=O) groups is 1. The lowest BCUT2D eigenvalue weighted by atomic mass is 10.1. The number of hydrogen-bond donors (Lipinski definition) is 1. The van der Waals surface area contributed by atoms with E-state index in [1.54, 1.807) is 6.07 Å². The van der Waals surface area contributed by atoms with Crippen LogP contribution in [0.25, 0.3) is 0 Å². The molecule has 78 valence electrons. The molecule has 0 aliphatic heterocycles. The molecule has 4 heteroatoms. The summed E-state index contributed by atoms with van der Waals surface area (Å²) >= 11 is 1.50. The molecular weight excluding hydrogens is 198 g/mol. The lowest BCUT2D eigenvalue weighted by Gasteiger charge is -2.19. The van der Waals surface area contributed by atoms with E-state index < -0.39 is 0 Å². The summed E-state index contributed by atoms with van der Waals surface area (Å²) in [6.07, 6.45) is 3.45. The minimum Gasteiger partial charge on any atom is -0.458 e. The average Bonchev–Trinajstić information content (AvgIpc) is 2.47. The fourth-order valence-corrected chi connectivity index (χ4v) is 1.54. The van der Waals surface area contributed by atoms with Gasteiger partial charge in [0.25, 0.3) is 5.91 Å². The van der Waals surface area contributed by atoms with E-state index in [0.717, 1.165) is 4.90 Å². The molecule has 3 nitrogen and oxygen atoms in total. The molecule has 0 aliphatic rings. The summed E-state index contributed by atoms with van der Waals surface area (Å²) < 4.78 is 5.13. The second-order valence-electron chi connectivity index (χ2n) is 4.02. The van der Waals surface area contributed by atoms with E-state index in [4.69, 9.17) is 4.42 Å². The number of amides is 1. The van der Waals surface area contributed by atoms with Crippen LogP contribution >= 0.6 is 11.8 Å². The molecule has 0 unspecified atom stereocenters. The van der Waals surface area contributed by atoms with Crippen LogP contribution in [-0.2, 0) is 0 Å². The summed E-state index contributed by atoms with van der Waals surface area (Å²) in [6, 6.07) is 1.79. The summed E-state index contributed by atoms with van der Waals surface area (Å²) in [4.78, 5) is 12.6. The molecule has 1 heterocycles. The van der Waals surface area contributed by atoms with Gasteiger partial charge < -0.3 is 9.73 Å². The largest absolute Gasteiger partial charge is 0.458 e. The Morgan fingerprint density at radius 2 is 2.14 bits per heavy atom. The number of hydrogen-bond acceptors (Lipinski definition) is 3. The first-order chi connectivity index (χ1) is 6.44. The lowest BCUT2D eigenvalue weighted by Crippen LogP contribution is -2.40. The van der Waals surface area contributed by atoms with Crippen LogP contribution in [0.4, 0.5) is 0 Å². The average molecular weight is 213 g/mol. The van der Waals surface area contributed by atoms with E-state index in [-0.39, 0.29) is 11.4 Å². The van der Waals surface area contributed by atoms with Crippen molar-refractivity contribution in [3.8, 4) is 0 Å². The van der Waals surface area contributed by atoms with Crippen LogP contribution in [-0.4, -0.2) is 17.7 Å². The van der Waals surface area contributed by atoms with Gasteiger partial charge in [0.2, 0.25) is 5.76 Å². The van der Waals surface area contributed by atoms with E-state index in [0.29, 0.717) is 5.76 Å². The van der Waals surface area contributed by atoms with Crippen molar-refractivity contribution in [2.24, 2.45) is 0 Å². The summed E-state index contributed by atoms with van der Waals surface area (Å²) in [5, 5.41) is 2.85. The predicted molar refractivity (Wildman–Crippen MR) is 57.7 cm³/mol. The van der Waals surface area contributed by atoms with Crippen molar-refractivity contribution in [2.75, 3.05) is 6.26 Å². The summed E-state index contributed by atoms with van der Waals surface area (Å²) in [5.74, 6) is 0.235. The summed E-state index contributed by atoms with van der Waals surface area (Å²) in [5.41, 5.74) is -0.237. The maximum absolute atomic E-state index is 11.7. The van der Waals surface area contributed by atoms with Crippen LogP contribution in [0, 0.1) is 0 Å². The van der Waals surface area contributed by atoms with Gasteiger partial charge in [-0.2, -0.15) is 0 Å². The van der Waals surface area contributed by atoms with Crippen molar-refractivity contribution in [2.45, 2.75) is 31.2 Å². The predicted octanol–water partition coefficient (Wildman–Crippen LogP) is 2.53. The minimum absolute atomic E-state index is 0.160. The van der Waals surface area contributed by atoms with E-state index >= 15 is 0 Å². The zero-order valence-corrected chi connectivity index (χ0v) is 9.70. The zero-order chi connectivity index (χ0) is 10.8. The third-order valence-electron chi connectivity index (χ3n) is 1.54. The fraction of sp³-hybridized carbons (Fsp3) is 0.500. The monoisotopic (exact) mass is 213 g/mol. The molecule has 1 aromatic rings. The van der Waals surface area contributed by atoms with Gasteiger partial charge in [0, 0.05) is 5.54 Å². The zero-order valence-electron chi connectivity index (χ0n) is 8.88. The second-order valence-corrected chi connectivity index (χ2v) is 4.87. The Bertz CT molecular complexity index is 325. The fourth-order valence-electron chi connectivity index (χ4n) is 1.02. The molecule has 0 fully saturated rings. The molecule has 1 N–H and O–H groups in total. The van der Waals surface area contributed by atoms with Crippen molar-refractivity contribution >= 4 is 17.7 Å². The van der Waals surface area contributed by atoms with Crippen molar-refractivity contribution in [3.63, 3.8) is 0 Å². The topological polar surface area (TPSA) is 42.2 Å². The van der Waals surface area contributed by atoms with Crippen LogP contribution in [0.5, 0.6) is 0 Å². The first kappa shape index (κ1) is 11.2. The van der Waals surface area contributed by atoms with E-state index in [2.05, 4.69) is 5.32 Å². The van der Waals surface area contributed by atoms with Crippen LogP contribution in [0.3, 0.4) is 0 Å². The number of rotatable bonds is 2. The quantitative estimate of drug-likeness (QED) is 0.768. The lowest BCUT2D eigenvalue weighted by molar-refractivity contribution is 0.0887. The highest BCUT2D eigenvalue weighted by atomic mass is 32.2. The van der Waals surface area contributed by atoms with Gasteiger partial charge in [-0.25, -0.2) is 0 Å². The van der Waals surface area contributed by atoms with Crippen molar-refractivity contribution < 1.29 is 9.21 Å². The minimum atomic E-state index is -0.237. The molecule has 1 amide bonds. The number of nitrogens with one attached hydrogen (secondary N) is 1. The van der Waals surface area contributed by atoms with Gasteiger partial charge in [-0.1, -0.05) is 0 Å². The first-order valence-corrected chi connectivity index (χ1v) is 5.60. The van der Waals surface area contributed by atoms with Gasteiger partial charge in [-0.05, 0) is 33.1 Å². The highest BCUT2D eigenvalue weighted by molar-refractivity contribution is 7.98. The molecule has 0 spiro atoms. The Morgan fingerprint density at radius 1 is 1.50 bits per heavy atom. The summed E-state index contributed by atoms with van der Waals surface area (Å²) in [7, 11) is 0. The third kappa shape index (κ3) is 2.80. The molecule has 14 heavy (non-hydrogen) atoms. The number of carbonyl (C=O) groups excluding carboxylic acids is 1. The molecule has 0 bridgehead atoms. The van der Waals surface area contributed by atoms with Crippen LogP contribution in [0.1, 0.15) is 31.3 Å². The van der Waals surface area contributed by atoms with Crippen LogP contribution < -0.4 is 5.32 Å². The highest BCUT2D eigenvalue weighted by Gasteiger charge is 2.20. The summed E-state index contributed by atoms with van der Waals surface area (Å²) in [6.45, 7) is 5.81. The van der Waals surface area contributed by atoms with E-state index in [1.807, 2.05) is 27.0 Å². The molecule has 0 saturated heterocycles. The van der Waals surface area contributed by atoms with E-state index in [9.17, 15) is 4.79 Å². The Labute approximate surface area is 88.2 Å². The molecule has 0 aliphatic carbocycles. The number of furan rings is 1. The molecule has 1 rings (SSSR count). The smallest absolute Gasteiger partial charge is 0.288 e. The van der Waals surface area contributed by atoms with Gasteiger partial charge in [-0.3, -0.25) is 4.79 Å². The normalized spacial score (nSPS) is 11.4. The van der Waals surface area contributed by atoms with Crippen molar-refractivity contribution in [1.29, 1.82) is 0 Å². The number of thioether (sulfide) groups is 1. The van der Waals surface area contributed by atoms with E-state index in [1.165, 1.54) is 18.0 Å². The Hall–Kier alpha value is -0.900. The molecule has 0 saturated carbocycles. The van der Waals surface area contributed by atoms with Gasteiger partial charge in [-0.15, -0.1) is 11.8 Å². The van der Waals surface area contributed by atoms with Gasteiger partial charge in [0.05, 0.1) is 11.2 Å². The van der Waals surface area contributed by atoms with Crippen LogP contribution in [0.15, 0.2) is 21.6 Å². The van der Waals surface area contributed by atoms with Crippen molar-refractivity contribution in [3.05, 3.63) is 18.1 Å². The Kier molecular flexibility index (Phi) is 3.26. The first-order valence-electron chi connectivity index (χ1n) is 4.38. The molecule has 0 atom stereocenters. The maximum atomic E-state index is 11.7.